The number of carbonyl (C=O) groups excluding carboxylic acids is 1. The highest BCUT2D eigenvalue weighted by molar-refractivity contribution is 8.13. The lowest BCUT2D eigenvalue weighted by molar-refractivity contribution is -0.114. The van der Waals surface area contributed by atoms with E-state index in [9.17, 15) is 9.59 Å². The summed E-state index contributed by atoms with van der Waals surface area (Å²) in [5, 5.41) is 11.2. The Morgan fingerprint density at radius 1 is 1.22 bits per heavy atom. The Kier molecular flexibility index (Phi) is 6.29. The summed E-state index contributed by atoms with van der Waals surface area (Å²) >= 11 is 3.13. The molecule has 4 rings (SSSR count). The number of hydrazone groups is 1. The molecule has 0 saturated carbocycles. The van der Waals surface area contributed by atoms with Gasteiger partial charge in [-0.1, -0.05) is 30.0 Å². The van der Waals surface area contributed by atoms with E-state index >= 15 is 0 Å². The van der Waals surface area contributed by atoms with Crippen LogP contribution in [0.2, 0.25) is 0 Å². The van der Waals surface area contributed by atoms with Crippen LogP contribution in [0.5, 0.6) is 0 Å². The Labute approximate surface area is 194 Å². The predicted molar refractivity (Wildman–Crippen MR) is 133 cm³/mol. The fourth-order valence-electron chi connectivity index (χ4n) is 3.44. The standard InChI is InChI=1S/C23H23N5O2S2/c1-13-14(2)32-22-19(13)20(16-7-9-18(10-8-16)25-15(3)29)27-28(23(26-22)31-4)12-17-6-5-11-24-21(17)30/h5-11H,12H2,1-4H3,(H,24,30)(H,25,29). The second kappa shape index (κ2) is 9.13. The molecule has 0 aliphatic carbocycles. The van der Waals surface area contributed by atoms with Crippen molar-refractivity contribution in [2.45, 2.75) is 27.3 Å². The predicted octanol–water partition coefficient (Wildman–Crippen LogP) is 4.63. The largest absolute Gasteiger partial charge is 0.329 e. The number of benzene rings is 1. The smallest absolute Gasteiger partial charge is 0.253 e. The van der Waals surface area contributed by atoms with Crippen molar-refractivity contribution in [2.75, 3.05) is 11.6 Å². The van der Waals surface area contributed by atoms with E-state index in [0.717, 1.165) is 38.3 Å². The second-order valence-corrected chi connectivity index (χ2v) is 9.33. The zero-order valence-electron chi connectivity index (χ0n) is 18.2. The van der Waals surface area contributed by atoms with Crippen LogP contribution in [0.3, 0.4) is 0 Å². The van der Waals surface area contributed by atoms with E-state index in [4.69, 9.17) is 10.1 Å². The lowest BCUT2D eigenvalue weighted by Gasteiger charge is -2.19. The Morgan fingerprint density at radius 2 is 1.97 bits per heavy atom. The van der Waals surface area contributed by atoms with Crippen LogP contribution < -0.4 is 10.9 Å². The molecule has 0 atom stereocenters. The number of H-pyrrole nitrogens is 1. The summed E-state index contributed by atoms with van der Waals surface area (Å²) in [4.78, 5) is 32.5. The number of aliphatic imine (C=N–C) groups is 1. The third-order valence-electron chi connectivity index (χ3n) is 5.12. The van der Waals surface area contributed by atoms with Gasteiger partial charge < -0.3 is 10.3 Å². The van der Waals surface area contributed by atoms with Crippen LogP contribution in [0.15, 0.2) is 57.5 Å². The van der Waals surface area contributed by atoms with E-state index in [2.05, 4.69) is 24.1 Å². The van der Waals surface area contributed by atoms with E-state index in [-0.39, 0.29) is 11.5 Å². The first kappa shape index (κ1) is 22.0. The lowest BCUT2D eigenvalue weighted by Crippen LogP contribution is -2.27. The minimum atomic E-state index is -0.143. The molecule has 0 saturated heterocycles. The number of amidine groups is 1. The number of nitrogens with one attached hydrogen (secondary N) is 2. The molecule has 0 spiro atoms. The van der Waals surface area contributed by atoms with Gasteiger partial charge in [-0.05, 0) is 43.9 Å². The van der Waals surface area contributed by atoms with Gasteiger partial charge in [0.1, 0.15) is 10.7 Å². The number of aryl methyl sites for hydroxylation is 1. The Balaban J connectivity index is 1.85. The number of nitrogens with zero attached hydrogens (tertiary/aromatic N) is 3. The monoisotopic (exact) mass is 465 g/mol. The minimum Gasteiger partial charge on any atom is -0.329 e. The van der Waals surface area contributed by atoms with Crippen molar-refractivity contribution in [1.82, 2.24) is 9.99 Å². The molecule has 1 aromatic carbocycles. The number of thioether (sulfide) groups is 1. The molecular formula is C23H23N5O2S2. The van der Waals surface area contributed by atoms with Crippen molar-refractivity contribution < 1.29 is 4.79 Å². The first-order chi connectivity index (χ1) is 15.4. The zero-order valence-corrected chi connectivity index (χ0v) is 19.9. The molecule has 0 fully saturated rings. The Morgan fingerprint density at radius 3 is 2.62 bits per heavy atom. The van der Waals surface area contributed by atoms with Crippen LogP contribution in [0, 0.1) is 13.8 Å². The van der Waals surface area contributed by atoms with Crippen LogP contribution >= 0.6 is 23.1 Å². The molecule has 0 bridgehead atoms. The molecule has 0 radical (unpaired) electrons. The topological polar surface area (TPSA) is 89.9 Å². The van der Waals surface area contributed by atoms with Gasteiger partial charge in [0.2, 0.25) is 5.91 Å². The summed E-state index contributed by atoms with van der Waals surface area (Å²) in [6.45, 7) is 5.95. The van der Waals surface area contributed by atoms with Crippen molar-refractivity contribution in [3.63, 3.8) is 0 Å². The second-order valence-electron chi connectivity index (χ2n) is 7.35. The molecule has 9 heteroatoms. The third kappa shape index (κ3) is 4.39. The molecule has 1 aliphatic heterocycles. The van der Waals surface area contributed by atoms with Gasteiger partial charge in [-0.2, -0.15) is 5.10 Å². The van der Waals surface area contributed by atoms with Crippen LogP contribution in [0.25, 0.3) is 0 Å². The van der Waals surface area contributed by atoms with Gasteiger partial charge in [0, 0.05) is 40.4 Å². The number of aromatic nitrogens is 1. The van der Waals surface area contributed by atoms with E-state index in [1.54, 1.807) is 34.7 Å². The highest BCUT2D eigenvalue weighted by atomic mass is 32.2. The highest BCUT2D eigenvalue weighted by Crippen LogP contribution is 2.39. The van der Waals surface area contributed by atoms with Crippen molar-refractivity contribution >= 4 is 50.6 Å². The van der Waals surface area contributed by atoms with Gasteiger partial charge in [-0.3, -0.25) is 9.59 Å². The number of hydrogen-bond donors (Lipinski definition) is 2. The van der Waals surface area contributed by atoms with Crippen LogP contribution in [0.4, 0.5) is 10.7 Å². The first-order valence-corrected chi connectivity index (χ1v) is 12.0. The number of fused-ring (bicyclic) bond motifs is 1. The maximum Gasteiger partial charge on any atom is 0.253 e. The molecular weight excluding hydrogens is 442 g/mol. The molecule has 164 valence electrons. The fraction of sp³-hybridized carbons (Fsp3) is 0.217. The first-order valence-electron chi connectivity index (χ1n) is 10.0. The molecule has 1 aliphatic rings. The van der Waals surface area contributed by atoms with E-state index in [0.29, 0.717) is 12.1 Å². The minimum absolute atomic E-state index is 0.117. The quantitative estimate of drug-likeness (QED) is 0.588. The molecule has 2 N–H and O–H groups in total. The summed E-state index contributed by atoms with van der Waals surface area (Å²) in [6, 6.07) is 11.2. The third-order valence-corrected chi connectivity index (χ3v) is 6.89. The average Bonchev–Trinajstić information content (AvgIpc) is 2.95. The number of pyridine rings is 1. The summed E-state index contributed by atoms with van der Waals surface area (Å²) in [6.07, 6.45) is 3.57. The van der Waals surface area contributed by atoms with Gasteiger partial charge in [0.05, 0.1) is 6.54 Å². The molecule has 2 aromatic heterocycles. The maximum atomic E-state index is 12.3. The maximum absolute atomic E-state index is 12.3. The van der Waals surface area contributed by atoms with Crippen molar-refractivity contribution in [3.05, 3.63) is 80.1 Å². The van der Waals surface area contributed by atoms with Gasteiger partial charge in [-0.15, -0.1) is 11.3 Å². The number of anilines is 1. The van der Waals surface area contributed by atoms with Gasteiger partial charge in [-0.25, -0.2) is 10.0 Å². The Hall–Kier alpha value is -3.17. The van der Waals surface area contributed by atoms with E-state index in [1.807, 2.05) is 30.5 Å². The molecule has 1 amide bonds. The average molecular weight is 466 g/mol. The number of rotatable bonds is 4. The molecule has 7 nitrogen and oxygen atoms in total. The number of aromatic amines is 1. The van der Waals surface area contributed by atoms with Crippen LogP contribution in [-0.4, -0.2) is 33.0 Å². The SMILES string of the molecule is CSC1=Nc2sc(C)c(C)c2C(c2ccc(NC(C)=O)cc2)=NN1Cc1ccc[nH]c1=O. The number of carbonyl (C=O) groups is 1. The fourth-order valence-corrected chi connectivity index (χ4v) is 5.02. The molecule has 32 heavy (non-hydrogen) atoms. The summed E-state index contributed by atoms with van der Waals surface area (Å²) in [7, 11) is 0. The van der Waals surface area contributed by atoms with Gasteiger partial charge >= 0.3 is 0 Å². The molecule has 0 unspecified atom stereocenters. The number of amides is 1. The number of hydrogen-bond acceptors (Lipinski definition) is 7. The van der Waals surface area contributed by atoms with E-state index < -0.39 is 0 Å². The Bertz CT molecular complexity index is 1290. The summed E-state index contributed by atoms with van der Waals surface area (Å²) in [5.74, 6) is -0.117. The summed E-state index contributed by atoms with van der Waals surface area (Å²) in [5.41, 5.74) is 5.02. The van der Waals surface area contributed by atoms with Crippen molar-refractivity contribution in [1.29, 1.82) is 0 Å². The molecule has 3 aromatic rings. The van der Waals surface area contributed by atoms with Crippen molar-refractivity contribution in [2.24, 2.45) is 10.1 Å². The zero-order chi connectivity index (χ0) is 22.8. The highest BCUT2D eigenvalue weighted by Gasteiger charge is 2.26. The summed E-state index contributed by atoms with van der Waals surface area (Å²) < 4.78 is 0. The normalized spacial score (nSPS) is 13.2. The lowest BCUT2D eigenvalue weighted by atomic mass is 10.00. The van der Waals surface area contributed by atoms with Crippen LogP contribution in [-0.2, 0) is 11.3 Å². The van der Waals surface area contributed by atoms with Gasteiger partial charge in [0.15, 0.2) is 5.17 Å². The van der Waals surface area contributed by atoms with Crippen molar-refractivity contribution in [3.8, 4) is 0 Å². The van der Waals surface area contributed by atoms with E-state index in [1.165, 1.54) is 23.6 Å². The number of thiophene rings is 1. The van der Waals surface area contributed by atoms with Crippen LogP contribution in [0.1, 0.15) is 34.1 Å². The molecule has 3 heterocycles. The van der Waals surface area contributed by atoms with Gasteiger partial charge in [0.25, 0.3) is 5.56 Å².